The zero-order valence-electron chi connectivity index (χ0n) is 11.5. The van der Waals surface area contributed by atoms with Crippen molar-refractivity contribution in [2.45, 2.75) is 26.3 Å². The average molecular weight is 295 g/mol. The van der Waals surface area contributed by atoms with Crippen LogP contribution in [0.5, 0.6) is 0 Å². The van der Waals surface area contributed by atoms with Crippen molar-refractivity contribution < 1.29 is 14.4 Å². The standard InChI is InChI=1S/C14H15ClN2O3/c1-8(18)9-4-5-11(10(15)6-9)17-7-12(19)16-13(20)14(17,2)3/h4-6H,7H2,1-3H3,(H,16,19,20). The molecule has 20 heavy (non-hydrogen) atoms. The normalized spacial score (nSPS) is 17.9. The number of imide groups is 1. The second-order valence-electron chi connectivity index (χ2n) is 5.24. The molecule has 6 heteroatoms. The summed E-state index contributed by atoms with van der Waals surface area (Å²) < 4.78 is 0. The van der Waals surface area contributed by atoms with E-state index in [2.05, 4.69) is 5.32 Å². The first kappa shape index (κ1) is 14.5. The van der Waals surface area contributed by atoms with Gasteiger partial charge in [-0.25, -0.2) is 0 Å². The second-order valence-corrected chi connectivity index (χ2v) is 5.65. The Hall–Kier alpha value is -1.88. The lowest BCUT2D eigenvalue weighted by atomic mass is 9.97. The van der Waals surface area contributed by atoms with Gasteiger partial charge in [0.05, 0.1) is 17.3 Å². The molecular formula is C14H15ClN2O3. The van der Waals surface area contributed by atoms with E-state index in [4.69, 9.17) is 11.6 Å². The van der Waals surface area contributed by atoms with E-state index >= 15 is 0 Å². The minimum atomic E-state index is -0.894. The van der Waals surface area contributed by atoms with Gasteiger partial charge in [0, 0.05) is 5.56 Å². The Morgan fingerprint density at radius 3 is 2.55 bits per heavy atom. The fourth-order valence-electron chi connectivity index (χ4n) is 2.11. The highest BCUT2D eigenvalue weighted by atomic mass is 35.5. The van der Waals surface area contributed by atoms with E-state index in [0.717, 1.165) is 0 Å². The van der Waals surface area contributed by atoms with Crippen LogP contribution in [0.2, 0.25) is 5.02 Å². The van der Waals surface area contributed by atoms with Crippen LogP contribution in [0.15, 0.2) is 18.2 Å². The first-order chi connectivity index (χ1) is 9.23. The van der Waals surface area contributed by atoms with Crippen LogP contribution < -0.4 is 10.2 Å². The molecule has 0 atom stereocenters. The number of hydrogen-bond donors (Lipinski definition) is 1. The molecule has 106 valence electrons. The molecule has 0 bridgehead atoms. The van der Waals surface area contributed by atoms with Gasteiger partial charge in [0.25, 0.3) is 5.91 Å². The van der Waals surface area contributed by atoms with Gasteiger partial charge >= 0.3 is 0 Å². The SMILES string of the molecule is CC(=O)c1ccc(N2CC(=O)NC(=O)C2(C)C)c(Cl)c1. The first-order valence-electron chi connectivity index (χ1n) is 6.16. The van der Waals surface area contributed by atoms with Crippen molar-refractivity contribution in [3.8, 4) is 0 Å². The quantitative estimate of drug-likeness (QED) is 0.667. The lowest BCUT2D eigenvalue weighted by Gasteiger charge is -2.42. The minimum Gasteiger partial charge on any atom is -0.347 e. The number of carbonyl (C=O) groups is 3. The maximum Gasteiger partial charge on any atom is 0.251 e. The fourth-order valence-corrected chi connectivity index (χ4v) is 2.40. The summed E-state index contributed by atoms with van der Waals surface area (Å²) in [6.07, 6.45) is 0. The van der Waals surface area contributed by atoms with E-state index in [9.17, 15) is 14.4 Å². The van der Waals surface area contributed by atoms with Crippen LogP contribution >= 0.6 is 11.6 Å². The number of hydrogen-bond acceptors (Lipinski definition) is 4. The highest BCUT2D eigenvalue weighted by Gasteiger charge is 2.41. The Morgan fingerprint density at radius 2 is 2.00 bits per heavy atom. The molecule has 1 aliphatic heterocycles. The van der Waals surface area contributed by atoms with Gasteiger partial charge in [-0.2, -0.15) is 0 Å². The van der Waals surface area contributed by atoms with Crippen molar-refractivity contribution in [2.75, 3.05) is 11.4 Å². The van der Waals surface area contributed by atoms with Gasteiger partial charge in [-0.3, -0.25) is 19.7 Å². The number of piperazine rings is 1. The molecule has 5 nitrogen and oxygen atoms in total. The van der Waals surface area contributed by atoms with Crippen molar-refractivity contribution in [3.05, 3.63) is 28.8 Å². The Kier molecular flexibility index (Phi) is 3.56. The number of halogens is 1. The summed E-state index contributed by atoms with van der Waals surface area (Å²) in [6.45, 7) is 4.92. The van der Waals surface area contributed by atoms with Crippen LogP contribution in [0.4, 0.5) is 5.69 Å². The Labute approximate surface area is 121 Å². The molecule has 2 amide bonds. The minimum absolute atomic E-state index is 0.0396. The van der Waals surface area contributed by atoms with E-state index in [0.29, 0.717) is 16.3 Å². The fraction of sp³-hybridized carbons (Fsp3) is 0.357. The topological polar surface area (TPSA) is 66.5 Å². The van der Waals surface area contributed by atoms with E-state index in [-0.39, 0.29) is 24.1 Å². The van der Waals surface area contributed by atoms with Crippen molar-refractivity contribution in [2.24, 2.45) is 0 Å². The number of benzene rings is 1. The largest absolute Gasteiger partial charge is 0.347 e. The van der Waals surface area contributed by atoms with Crippen molar-refractivity contribution in [1.29, 1.82) is 0 Å². The number of anilines is 1. The van der Waals surface area contributed by atoms with Crippen molar-refractivity contribution in [1.82, 2.24) is 5.32 Å². The molecule has 0 aromatic heterocycles. The Balaban J connectivity index is 2.46. The number of nitrogens with one attached hydrogen (secondary N) is 1. The van der Waals surface area contributed by atoms with Gasteiger partial charge in [0.15, 0.2) is 5.78 Å². The zero-order valence-corrected chi connectivity index (χ0v) is 12.2. The molecule has 0 aliphatic carbocycles. The van der Waals surface area contributed by atoms with Gasteiger partial charge in [0.2, 0.25) is 5.91 Å². The number of Topliss-reactive ketones (excluding diaryl/α,β-unsaturated/α-hetero) is 1. The summed E-state index contributed by atoms with van der Waals surface area (Å²) in [5.74, 6) is -0.841. The van der Waals surface area contributed by atoms with Crippen molar-refractivity contribution >= 4 is 34.9 Å². The summed E-state index contributed by atoms with van der Waals surface area (Å²) in [4.78, 5) is 36.5. The van der Waals surface area contributed by atoms with E-state index in [1.165, 1.54) is 6.92 Å². The summed E-state index contributed by atoms with van der Waals surface area (Å²) in [6, 6.07) is 4.84. The van der Waals surface area contributed by atoms with Gasteiger partial charge < -0.3 is 4.90 Å². The predicted molar refractivity (Wildman–Crippen MR) is 76.0 cm³/mol. The van der Waals surface area contributed by atoms with Gasteiger partial charge in [0.1, 0.15) is 5.54 Å². The highest BCUT2D eigenvalue weighted by molar-refractivity contribution is 6.34. The summed E-state index contributed by atoms with van der Waals surface area (Å²) in [5, 5.41) is 2.64. The maximum atomic E-state index is 11.9. The van der Waals surface area contributed by atoms with E-state index in [1.54, 1.807) is 36.9 Å². The molecule has 1 aromatic carbocycles. The molecule has 1 saturated heterocycles. The van der Waals surface area contributed by atoms with E-state index in [1.807, 2.05) is 0 Å². The molecule has 1 fully saturated rings. The van der Waals surface area contributed by atoms with Crippen LogP contribution in [-0.4, -0.2) is 29.7 Å². The zero-order chi connectivity index (χ0) is 15.1. The third-order valence-electron chi connectivity index (χ3n) is 3.43. The Morgan fingerprint density at radius 1 is 1.35 bits per heavy atom. The van der Waals surface area contributed by atoms with Gasteiger partial charge in [-0.15, -0.1) is 0 Å². The van der Waals surface area contributed by atoms with Gasteiger partial charge in [-0.05, 0) is 39.0 Å². The number of carbonyl (C=O) groups excluding carboxylic acids is 3. The molecule has 0 radical (unpaired) electrons. The molecule has 1 N–H and O–H groups in total. The molecule has 1 heterocycles. The van der Waals surface area contributed by atoms with E-state index < -0.39 is 5.54 Å². The molecule has 1 aliphatic rings. The first-order valence-corrected chi connectivity index (χ1v) is 6.53. The second kappa shape index (κ2) is 4.90. The third-order valence-corrected chi connectivity index (χ3v) is 3.73. The molecule has 0 spiro atoms. The summed E-state index contributed by atoms with van der Waals surface area (Å²) >= 11 is 6.19. The van der Waals surface area contributed by atoms with Crippen LogP contribution in [0, 0.1) is 0 Å². The van der Waals surface area contributed by atoms with Crippen LogP contribution in [0.25, 0.3) is 0 Å². The monoisotopic (exact) mass is 294 g/mol. The Bertz CT molecular complexity index is 610. The third kappa shape index (κ3) is 2.41. The number of rotatable bonds is 2. The molecule has 0 unspecified atom stereocenters. The number of nitrogens with zero attached hydrogens (tertiary/aromatic N) is 1. The molecular weight excluding hydrogens is 280 g/mol. The lowest BCUT2D eigenvalue weighted by molar-refractivity contribution is -0.135. The molecule has 2 rings (SSSR count). The maximum absolute atomic E-state index is 11.9. The number of amides is 2. The summed E-state index contributed by atoms with van der Waals surface area (Å²) in [5.41, 5.74) is 0.157. The summed E-state index contributed by atoms with van der Waals surface area (Å²) in [7, 11) is 0. The smallest absolute Gasteiger partial charge is 0.251 e. The van der Waals surface area contributed by atoms with Crippen molar-refractivity contribution in [3.63, 3.8) is 0 Å². The average Bonchev–Trinajstić information content (AvgIpc) is 2.34. The molecule has 1 aromatic rings. The van der Waals surface area contributed by atoms with Crippen LogP contribution in [0.3, 0.4) is 0 Å². The lowest BCUT2D eigenvalue weighted by Crippen LogP contribution is -2.64. The van der Waals surface area contributed by atoms with Gasteiger partial charge in [-0.1, -0.05) is 11.6 Å². The molecule has 0 saturated carbocycles. The predicted octanol–water partition coefficient (Wildman–Crippen LogP) is 1.78. The highest BCUT2D eigenvalue weighted by Crippen LogP contribution is 2.33. The van der Waals surface area contributed by atoms with Crippen LogP contribution in [0.1, 0.15) is 31.1 Å². The van der Waals surface area contributed by atoms with Crippen LogP contribution in [-0.2, 0) is 9.59 Å². The number of ketones is 1.